The molecule has 0 fully saturated rings. The van der Waals surface area contributed by atoms with E-state index >= 15 is 0 Å². The van der Waals surface area contributed by atoms with Gasteiger partial charge in [-0.3, -0.25) is 4.79 Å². The van der Waals surface area contributed by atoms with Crippen LogP contribution < -0.4 is 0 Å². The molecule has 0 atom stereocenters. The number of carbonyl (C=O) groups is 2. The lowest BCUT2D eigenvalue weighted by molar-refractivity contribution is -0.139. The zero-order valence-electron chi connectivity index (χ0n) is 6.80. The van der Waals surface area contributed by atoms with Crippen molar-refractivity contribution in [3.8, 4) is 0 Å². The Balaban J connectivity index is 4.02. The molecule has 12 heavy (non-hydrogen) atoms. The third-order valence-electron chi connectivity index (χ3n) is 1.02. The largest absolute Gasteiger partial charge is 0.469 e. The molecule has 0 rings (SSSR count). The van der Waals surface area contributed by atoms with Gasteiger partial charge < -0.3 is 9.47 Å². The normalized spacial score (nSPS) is 10.8. The van der Waals surface area contributed by atoms with Gasteiger partial charge in [0.15, 0.2) is 0 Å². The Morgan fingerprint density at radius 2 is 1.92 bits per heavy atom. The van der Waals surface area contributed by atoms with Crippen molar-refractivity contribution < 1.29 is 19.1 Å². The van der Waals surface area contributed by atoms with Gasteiger partial charge in [-0.1, -0.05) is 11.6 Å². The second-order valence-corrected chi connectivity index (χ2v) is 2.35. The van der Waals surface area contributed by atoms with E-state index in [0.29, 0.717) is 0 Å². The Bertz CT molecular complexity index is 209. The SMILES string of the molecule is COC(=O)C=C(Cl)CC(=O)OC. The first kappa shape index (κ1) is 11.0. The van der Waals surface area contributed by atoms with E-state index in [0.717, 1.165) is 6.08 Å². The maximum atomic E-state index is 10.6. The number of halogens is 1. The van der Waals surface area contributed by atoms with E-state index in [1.54, 1.807) is 0 Å². The van der Waals surface area contributed by atoms with Crippen molar-refractivity contribution >= 4 is 23.5 Å². The highest BCUT2D eigenvalue weighted by atomic mass is 35.5. The quantitative estimate of drug-likeness (QED) is 0.491. The standard InChI is InChI=1S/C7H9ClO4/c1-11-6(9)3-5(8)4-7(10)12-2/h3H,4H2,1-2H3. The van der Waals surface area contributed by atoms with E-state index in [4.69, 9.17) is 11.6 Å². The van der Waals surface area contributed by atoms with E-state index in [1.807, 2.05) is 0 Å². The summed E-state index contributed by atoms with van der Waals surface area (Å²) in [4.78, 5) is 21.1. The number of rotatable bonds is 3. The summed E-state index contributed by atoms with van der Waals surface area (Å²) in [6, 6.07) is 0. The Morgan fingerprint density at radius 1 is 1.33 bits per heavy atom. The van der Waals surface area contributed by atoms with Crippen molar-refractivity contribution in [1.29, 1.82) is 0 Å². The van der Waals surface area contributed by atoms with E-state index in [1.165, 1.54) is 14.2 Å². The predicted molar refractivity (Wildman–Crippen MR) is 42.6 cm³/mol. The molecule has 4 nitrogen and oxygen atoms in total. The van der Waals surface area contributed by atoms with Crippen LogP contribution in [0.2, 0.25) is 0 Å². The summed E-state index contributed by atoms with van der Waals surface area (Å²) in [7, 11) is 2.46. The molecule has 0 heterocycles. The number of esters is 2. The van der Waals surface area contributed by atoms with Crippen LogP contribution in [-0.4, -0.2) is 26.2 Å². The number of carbonyl (C=O) groups excluding carboxylic acids is 2. The molecule has 0 spiro atoms. The Morgan fingerprint density at radius 3 is 2.33 bits per heavy atom. The second-order valence-electron chi connectivity index (χ2n) is 1.87. The van der Waals surface area contributed by atoms with Crippen molar-refractivity contribution in [1.82, 2.24) is 0 Å². The molecule has 0 unspecified atom stereocenters. The third-order valence-corrected chi connectivity index (χ3v) is 1.26. The van der Waals surface area contributed by atoms with Crippen LogP contribution in [0.25, 0.3) is 0 Å². The summed E-state index contributed by atoms with van der Waals surface area (Å²) in [5, 5.41) is 0.0914. The first-order chi connectivity index (χ1) is 5.60. The summed E-state index contributed by atoms with van der Waals surface area (Å²) in [5.74, 6) is -1.09. The minimum Gasteiger partial charge on any atom is -0.469 e. The summed E-state index contributed by atoms with van der Waals surface area (Å²) < 4.78 is 8.60. The molecule has 0 aromatic heterocycles. The fourth-order valence-electron chi connectivity index (χ4n) is 0.448. The van der Waals surface area contributed by atoms with Crippen LogP contribution in [0.3, 0.4) is 0 Å². The van der Waals surface area contributed by atoms with Gasteiger partial charge in [0.1, 0.15) is 0 Å². The van der Waals surface area contributed by atoms with Gasteiger partial charge in [0.25, 0.3) is 0 Å². The number of methoxy groups -OCH3 is 2. The van der Waals surface area contributed by atoms with Gasteiger partial charge in [-0.25, -0.2) is 4.79 Å². The molecule has 5 heteroatoms. The first-order valence-electron chi connectivity index (χ1n) is 3.11. The van der Waals surface area contributed by atoms with Crippen LogP contribution in [0.4, 0.5) is 0 Å². The highest BCUT2D eigenvalue weighted by Gasteiger charge is 2.05. The van der Waals surface area contributed by atoms with E-state index < -0.39 is 11.9 Å². The van der Waals surface area contributed by atoms with Crippen molar-refractivity contribution in [3.05, 3.63) is 11.1 Å². The van der Waals surface area contributed by atoms with E-state index in [2.05, 4.69) is 9.47 Å². The van der Waals surface area contributed by atoms with Gasteiger partial charge in [0, 0.05) is 11.1 Å². The predicted octanol–water partition coefficient (Wildman–Crippen LogP) is 0.845. The van der Waals surface area contributed by atoms with Crippen LogP contribution in [0, 0.1) is 0 Å². The van der Waals surface area contributed by atoms with Crippen molar-refractivity contribution in [2.24, 2.45) is 0 Å². The van der Waals surface area contributed by atoms with E-state index in [9.17, 15) is 9.59 Å². The molecule has 0 saturated heterocycles. The lowest BCUT2D eigenvalue weighted by atomic mass is 10.4. The van der Waals surface area contributed by atoms with E-state index in [-0.39, 0.29) is 11.5 Å². The lowest BCUT2D eigenvalue weighted by Crippen LogP contribution is -2.01. The molecule has 0 amide bonds. The van der Waals surface area contributed by atoms with Gasteiger partial charge in [-0.05, 0) is 0 Å². The van der Waals surface area contributed by atoms with Crippen molar-refractivity contribution in [2.75, 3.05) is 14.2 Å². The Kier molecular flexibility index (Phi) is 5.12. The molecular formula is C7H9ClO4. The zero-order chi connectivity index (χ0) is 9.56. The van der Waals surface area contributed by atoms with Crippen LogP contribution >= 0.6 is 11.6 Å². The maximum Gasteiger partial charge on any atom is 0.331 e. The highest BCUT2D eigenvalue weighted by molar-refractivity contribution is 6.31. The van der Waals surface area contributed by atoms with Crippen molar-refractivity contribution in [3.63, 3.8) is 0 Å². The minimum atomic E-state index is -0.594. The summed E-state index contributed by atoms with van der Waals surface area (Å²) in [6.45, 7) is 0. The average Bonchev–Trinajstić information content (AvgIpc) is 2.03. The smallest absolute Gasteiger partial charge is 0.331 e. The van der Waals surface area contributed by atoms with Gasteiger partial charge in [0.2, 0.25) is 0 Å². The van der Waals surface area contributed by atoms with Gasteiger partial charge in [-0.2, -0.15) is 0 Å². The summed E-state index contributed by atoms with van der Waals surface area (Å²) in [6.07, 6.45) is 0.908. The molecule has 0 aliphatic carbocycles. The molecule has 0 N–H and O–H groups in total. The fourth-order valence-corrected chi connectivity index (χ4v) is 0.646. The third kappa shape index (κ3) is 4.73. The van der Waals surface area contributed by atoms with Crippen molar-refractivity contribution in [2.45, 2.75) is 6.42 Å². The lowest BCUT2D eigenvalue weighted by Gasteiger charge is -1.96. The van der Waals surface area contributed by atoms with Crippen LogP contribution in [-0.2, 0) is 19.1 Å². The molecule has 0 aromatic rings. The first-order valence-corrected chi connectivity index (χ1v) is 3.48. The fraction of sp³-hybridized carbons (Fsp3) is 0.429. The number of ether oxygens (including phenoxy) is 2. The molecule has 0 aromatic carbocycles. The average molecular weight is 193 g/mol. The molecule has 0 aliphatic heterocycles. The van der Waals surface area contributed by atoms with Gasteiger partial charge in [0.05, 0.1) is 20.6 Å². The molecule has 0 radical (unpaired) electrons. The van der Waals surface area contributed by atoms with Crippen LogP contribution in [0.1, 0.15) is 6.42 Å². The Labute approximate surface area is 75.1 Å². The molecular weight excluding hydrogens is 184 g/mol. The molecule has 0 saturated carbocycles. The van der Waals surface area contributed by atoms with Crippen LogP contribution in [0.15, 0.2) is 11.1 Å². The highest BCUT2D eigenvalue weighted by Crippen LogP contribution is 2.07. The number of hydrogen-bond acceptors (Lipinski definition) is 4. The minimum absolute atomic E-state index is 0.0914. The summed E-state index contributed by atoms with van der Waals surface area (Å²) >= 11 is 5.49. The molecule has 68 valence electrons. The second kappa shape index (κ2) is 5.60. The zero-order valence-corrected chi connectivity index (χ0v) is 7.55. The summed E-state index contributed by atoms with van der Waals surface area (Å²) in [5.41, 5.74) is 0. The molecule has 0 bridgehead atoms. The Hall–Kier alpha value is -1.03. The topological polar surface area (TPSA) is 52.6 Å². The van der Waals surface area contributed by atoms with Crippen LogP contribution in [0.5, 0.6) is 0 Å². The monoisotopic (exact) mass is 192 g/mol. The van der Waals surface area contributed by atoms with Gasteiger partial charge in [-0.15, -0.1) is 0 Å². The van der Waals surface area contributed by atoms with Gasteiger partial charge >= 0.3 is 11.9 Å². The maximum absolute atomic E-state index is 10.6. The molecule has 0 aliphatic rings. The number of hydrogen-bond donors (Lipinski definition) is 0.